The molecule has 1 aliphatic heterocycles. The summed E-state index contributed by atoms with van der Waals surface area (Å²) in [5.41, 5.74) is 0.693. The van der Waals surface area contributed by atoms with Gasteiger partial charge in [-0.1, -0.05) is 78.1 Å². The van der Waals surface area contributed by atoms with Gasteiger partial charge in [-0.15, -0.1) is 0 Å². The average Bonchev–Trinajstić information content (AvgIpc) is 2.93. The molecule has 0 bridgehead atoms. The first kappa shape index (κ1) is 17.0. The van der Waals surface area contributed by atoms with E-state index in [0.717, 1.165) is 0 Å². The highest BCUT2D eigenvalue weighted by Gasteiger charge is 2.50. The van der Waals surface area contributed by atoms with Crippen LogP contribution < -0.4 is 10.1 Å². The lowest BCUT2D eigenvalue weighted by molar-refractivity contribution is -0.122. The van der Waals surface area contributed by atoms with Crippen LogP contribution in [0.25, 0.3) is 0 Å². The number of anilines is 1. The highest BCUT2D eigenvalue weighted by atomic mass is 28.3. The van der Waals surface area contributed by atoms with Crippen molar-refractivity contribution in [1.82, 2.24) is 0 Å². The minimum Gasteiger partial charge on any atom is -0.274 e. The lowest BCUT2D eigenvalue weighted by Gasteiger charge is -2.32. The number of benzene rings is 2. The Hall–Kier alpha value is -2.46. The number of para-hydroxylation sites is 1. The van der Waals surface area contributed by atoms with E-state index in [-0.39, 0.29) is 23.7 Å². The monoisotopic (exact) mass is 361 g/mol. The molecule has 1 saturated heterocycles. The molecular formula is C22H23NO2Si. The summed E-state index contributed by atoms with van der Waals surface area (Å²) in [5, 5.41) is 2.77. The fraction of sp³-hybridized carbons (Fsp3) is 0.273. The third-order valence-electron chi connectivity index (χ3n) is 5.93. The quantitative estimate of drug-likeness (QED) is 0.618. The predicted molar refractivity (Wildman–Crippen MR) is 107 cm³/mol. The highest BCUT2D eigenvalue weighted by Crippen LogP contribution is 2.41. The third kappa shape index (κ3) is 2.65. The standard InChI is InChI=1S/C22H23NO2Si/c1-26(2,17-11-7-4-8-12-17)18-13-14-19-20(15-18)22(25)23(21(19)24)16-9-5-3-6-10-16/h3-13,19-20H,14-15H2,1-2H3/t19-,20+/m0/s1. The van der Waals surface area contributed by atoms with Gasteiger partial charge >= 0.3 is 0 Å². The van der Waals surface area contributed by atoms with Crippen LogP contribution in [0.2, 0.25) is 13.1 Å². The molecule has 0 saturated carbocycles. The van der Waals surface area contributed by atoms with Gasteiger partial charge in [0.05, 0.1) is 17.5 Å². The van der Waals surface area contributed by atoms with E-state index in [4.69, 9.17) is 0 Å². The van der Waals surface area contributed by atoms with E-state index >= 15 is 0 Å². The van der Waals surface area contributed by atoms with Crippen molar-refractivity contribution in [3.05, 3.63) is 71.9 Å². The summed E-state index contributed by atoms with van der Waals surface area (Å²) in [6, 6.07) is 19.9. The van der Waals surface area contributed by atoms with Gasteiger partial charge in [-0.3, -0.25) is 14.5 Å². The Bertz CT molecular complexity index is 874. The summed E-state index contributed by atoms with van der Waals surface area (Å²) in [6.07, 6.45) is 3.64. The fourth-order valence-electron chi connectivity index (χ4n) is 4.25. The number of hydrogen-bond donors (Lipinski definition) is 0. The number of allylic oxidation sites excluding steroid dienone is 2. The molecule has 1 fully saturated rings. The zero-order valence-corrected chi connectivity index (χ0v) is 16.2. The summed E-state index contributed by atoms with van der Waals surface area (Å²) in [4.78, 5) is 27.3. The molecule has 2 atom stereocenters. The van der Waals surface area contributed by atoms with Gasteiger partial charge in [0.15, 0.2) is 0 Å². The van der Waals surface area contributed by atoms with Crippen LogP contribution in [0.5, 0.6) is 0 Å². The Morgan fingerprint density at radius 2 is 1.42 bits per heavy atom. The van der Waals surface area contributed by atoms with Crippen LogP contribution in [0, 0.1) is 11.8 Å². The topological polar surface area (TPSA) is 37.4 Å². The first-order valence-electron chi connectivity index (χ1n) is 9.18. The van der Waals surface area contributed by atoms with Gasteiger partial charge in [0.2, 0.25) is 11.8 Å². The van der Waals surface area contributed by atoms with Gasteiger partial charge < -0.3 is 0 Å². The van der Waals surface area contributed by atoms with E-state index in [1.165, 1.54) is 15.3 Å². The molecule has 2 amide bonds. The molecule has 0 radical (unpaired) electrons. The van der Waals surface area contributed by atoms with Gasteiger partial charge in [0.25, 0.3) is 0 Å². The lowest BCUT2D eigenvalue weighted by Crippen LogP contribution is -2.45. The summed E-state index contributed by atoms with van der Waals surface area (Å²) >= 11 is 0. The van der Waals surface area contributed by atoms with Gasteiger partial charge in [-0.05, 0) is 25.0 Å². The molecule has 1 heterocycles. The molecule has 0 spiro atoms. The number of imide groups is 1. The maximum absolute atomic E-state index is 13.1. The van der Waals surface area contributed by atoms with Crippen molar-refractivity contribution in [2.75, 3.05) is 4.90 Å². The van der Waals surface area contributed by atoms with Gasteiger partial charge in [-0.2, -0.15) is 0 Å². The van der Waals surface area contributed by atoms with E-state index < -0.39 is 8.07 Å². The van der Waals surface area contributed by atoms with Gasteiger partial charge in [0, 0.05) is 0 Å². The molecule has 0 unspecified atom stereocenters. The molecular weight excluding hydrogens is 338 g/mol. The average molecular weight is 362 g/mol. The maximum Gasteiger partial charge on any atom is 0.238 e. The molecule has 26 heavy (non-hydrogen) atoms. The van der Waals surface area contributed by atoms with Crippen LogP contribution in [-0.4, -0.2) is 19.9 Å². The number of rotatable bonds is 3. The van der Waals surface area contributed by atoms with Crippen molar-refractivity contribution in [2.45, 2.75) is 25.9 Å². The van der Waals surface area contributed by atoms with E-state index in [2.05, 4.69) is 43.4 Å². The van der Waals surface area contributed by atoms with Crippen molar-refractivity contribution in [2.24, 2.45) is 11.8 Å². The Balaban J connectivity index is 1.63. The predicted octanol–water partition coefficient (Wildman–Crippen LogP) is 3.67. The smallest absolute Gasteiger partial charge is 0.238 e. The largest absolute Gasteiger partial charge is 0.274 e. The SMILES string of the molecule is C[Si](C)(C1=CC[C@@H]2C(=O)N(c3ccccc3)C(=O)[C@@H]2C1)c1ccccc1. The highest BCUT2D eigenvalue weighted by molar-refractivity contribution is 6.95. The third-order valence-corrected chi connectivity index (χ3v) is 9.72. The Morgan fingerprint density at radius 3 is 2.08 bits per heavy atom. The number of hydrogen-bond acceptors (Lipinski definition) is 2. The summed E-state index contributed by atoms with van der Waals surface area (Å²) < 4.78 is 0. The normalized spacial score (nSPS) is 23.0. The molecule has 2 aliphatic rings. The van der Waals surface area contributed by atoms with E-state index in [1.807, 2.05) is 36.4 Å². The summed E-state index contributed by atoms with van der Waals surface area (Å²) in [6.45, 7) is 4.68. The Morgan fingerprint density at radius 1 is 0.846 bits per heavy atom. The second-order valence-electron chi connectivity index (χ2n) is 7.72. The minimum atomic E-state index is -1.81. The minimum absolute atomic E-state index is 0.0327. The maximum atomic E-state index is 13.1. The van der Waals surface area contributed by atoms with E-state index in [1.54, 1.807) is 0 Å². The molecule has 2 aromatic carbocycles. The number of carbonyl (C=O) groups excluding carboxylic acids is 2. The molecule has 1 aliphatic carbocycles. The molecule has 3 nitrogen and oxygen atoms in total. The van der Waals surface area contributed by atoms with Crippen LogP contribution in [0.1, 0.15) is 12.8 Å². The van der Waals surface area contributed by atoms with Crippen LogP contribution in [0.15, 0.2) is 71.9 Å². The first-order chi connectivity index (χ1) is 12.5. The number of fused-ring (bicyclic) bond motifs is 1. The summed E-state index contributed by atoms with van der Waals surface area (Å²) in [7, 11) is -1.81. The van der Waals surface area contributed by atoms with E-state index in [0.29, 0.717) is 18.5 Å². The van der Waals surface area contributed by atoms with Gasteiger partial charge in [-0.25, -0.2) is 0 Å². The van der Waals surface area contributed by atoms with E-state index in [9.17, 15) is 9.59 Å². The second kappa shape index (κ2) is 6.36. The zero-order valence-electron chi connectivity index (χ0n) is 15.2. The molecule has 4 heteroatoms. The number of nitrogens with zero attached hydrogens (tertiary/aromatic N) is 1. The van der Waals surface area contributed by atoms with Crippen molar-refractivity contribution in [3.63, 3.8) is 0 Å². The Labute approximate surface area is 155 Å². The number of carbonyl (C=O) groups is 2. The van der Waals surface area contributed by atoms with Gasteiger partial charge in [0.1, 0.15) is 8.07 Å². The van der Waals surface area contributed by atoms with Crippen molar-refractivity contribution >= 4 is 30.8 Å². The fourth-order valence-corrected chi connectivity index (χ4v) is 7.01. The zero-order chi connectivity index (χ0) is 18.3. The number of amides is 2. The van der Waals surface area contributed by atoms with Crippen LogP contribution in [0.4, 0.5) is 5.69 Å². The molecule has 0 N–H and O–H groups in total. The molecule has 132 valence electrons. The van der Waals surface area contributed by atoms with Crippen molar-refractivity contribution in [1.29, 1.82) is 0 Å². The van der Waals surface area contributed by atoms with Crippen LogP contribution >= 0.6 is 0 Å². The lowest BCUT2D eigenvalue weighted by atomic mass is 9.85. The molecule has 4 rings (SSSR count). The first-order valence-corrected chi connectivity index (χ1v) is 12.2. The molecule has 2 aromatic rings. The summed E-state index contributed by atoms with van der Waals surface area (Å²) in [5.74, 6) is -0.486. The Kier molecular flexibility index (Phi) is 4.15. The molecule has 0 aromatic heterocycles. The van der Waals surface area contributed by atoms with Crippen LogP contribution in [0.3, 0.4) is 0 Å². The second-order valence-corrected chi connectivity index (χ2v) is 12.2. The van der Waals surface area contributed by atoms with Crippen molar-refractivity contribution < 1.29 is 9.59 Å². The van der Waals surface area contributed by atoms with Crippen molar-refractivity contribution in [3.8, 4) is 0 Å². The van der Waals surface area contributed by atoms with Crippen LogP contribution in [-0.2, 0) is 9.59 Å².